The zero-order chi connectivity index (χ0) is 13.3. The number of hydrogen-bond donors (Lipinski definition) is 1. The molecule has 0 radical (unpaired) electrons. The van der Waals surface area contributed by atoms with Gasteiger partial charge < -0.3 is 4.74 Å². The Balaban J connectivity index is 2.59. The third kappa shape index (κ3) is 2.54. The third-order valence-electron chi connectivity index (χ3n) is 2.98. The second kappa shape index (κ2) is 4.70. The van der Waals surface area contributed by atoms with Gasteiger partial charge in [-0.25, -0.2) is 0 Å². The van der Waals surface area contributed by atoms with Gasteiger partial charge in [-0.3, -0.25) is 9.35 Å². The second-order valence-electron chi connectivity index (χ2n) is 4.29. The number of fused-ring (bicyclic) bond motifs is 1. The van der Waals surface area contributed by atoms with Crippen molar-refractivity contribution in [2.75, 3.05) is 0 Å². The molecule has 0 aliphatic heterocycles. The molecular weight excluding hydrogens is 256 g/mol. The van der Waals surface area contributed by atoms with E-state index in [9.17, 15) is 17.8 Å². The van der Waals surface area contributed by atoms with E-state index in [0.717, 1.165) is 12.8 Å². The number of carbonyl (C=O) groups is 1. The summed E-state index contributed by atoms with van der Waals surface area (Å²) in [5.74, 6) is -0.0491. The molecule has 1 aromatic rings. The number of esters is 1. The Kier molecular flexibility index (Phi) is 3.41. The van der Waals surface area contributed by atoms with E-state index in [2.05, 4.69) is 0 Å². The molecule has 6 heteroatoms. The predicted octanol–water partition coefficient (Wildman–Crippen LogP) is 1.74. The quantitative estimate of drug-likeness (QED) is 0.503. The summed E-state index contributed by atoms with van der Waals surface area (Å²) in [6, 6.07) is 2.71. The molecule has 0 aromatic heterocycles. The lowest BCUT2D eigenvalue weighted by atomic mass is 9.91. The molecule has 1 aromatic carbocycles. The summed E-state index contributed by atoms with van der Waals surface area (Å²) < 4.78 is 36.8. The summed E-state index contributed by atoms with van der Waals surface area (Å²) in [6.45, 7) is 1.30. The van der Waals surface area contributed by atoms with Gasteiger partial charge in [0.15, 0.2) is 0 Å². The minimum Gasteiger partial charge on any atom is -0.426 e. The van der Waals surface area contributed by atoms with Crippen LogP contribution in [0.15, 0.2) is 17.0 Å². The number of hydrogen-bond acceptors (Lipinski definition) is 4. The maximum absolute atomic E-state index is 11.3. The van der Waals surface area contributed by atoms with Crippen LogP contribution >= 0.6 is 0 Å². The molecule has 1 N–H and O–H groups in total. The summed E-state index contributed by atoms with van der Waals surface area (Å²) in [7, 11) is -4.23. The molecule has 98 valence electrons. The van der Waals surface area contributed by atoms with Crippen molar-refractivity contribution in [3.05, 3.63) is 23.3 Å². The number of ether oxygens (including phenoxy) is 1. The fourth-order valence-corrected chi connectivity index (χ4v) is 3.07. The lowest BCUT2D eigenvalue weighted by molar-refractivity contribution is -0.131. The van der Waals surface area contributed by atoms with Crippen LogP contribution in [0.5, 0.6) is 5.75 Å². The zero-order valence-corrected chi connectivity index (χ0v) is 10.8. The Morgan fingerprint density at radius 2 is 1.83 bits per heavy atom. The van der Waals surface area contributed by atoms with Crippen LogP contribution in [0.3, 0.4) is 0 Å². The molecule has 1 aliphatic rings. The Morgan fingerprint density at radius 1 is 1.22 bits per heavy atom. The van der Waals surface area contributed by atoms with Crippen molar-refractivity contribution in [1.29, 1.82) is 0 Å². The average molecular weight is 270 g/mol. The molecule has 0 fully saturated rings. The molecule has 0 heterocycles. The summed E-state index contributed by atoms with van der Waals surface area (Å²) in [5.41, 5.74) is 1.29. The van der Waals surface area contributed by atoms with Crippen molar-refractivity contribution in [3.8, 4) is 5.75 Å². The van der Waals surface area contributed by atoms with Crippen LogP contribution in [-0.2, 0) is 27.8 Å². The lowest BCUT2D eigenvalue weighted by Crippen LogP contribution is -2.13. The van der Waals surface area contributed by atoms with Crippen LogP contribution in [0.25, 0.3) is 0 Å². The summed E-state index contributed by atoms with van der Waals surface area (Å²) in [5, 5.41) is 0. The molecule has 1 aliphatic carbocycles. The van der Waals surface area contributed by atoms with Gasteiger partial charge in [0.05, 0.1) is 4.90 Å². The van der Waals surface area contributed by atoms with Gasteiger partial charge in [0.25, 0.3) is 10.1 Å². The lowest BCUT2D eigenvalue weighted by Gasteiger charge is -2.20. The first kappa shape index (κ1) is 13.0. The number of benzene rings is 1. The first-order chi connectivity index (χ1) is 8.39. The topological polar surface area (TPSA) is 80.7 Å². The molecule has 5 nitrogen and oxygen atoms in total. The van der Waals surface area contributed by atoms with Crippen molar-refractivity contribution in [2.24, 2.45) is 0 Å². The highest BCUT2D eigenvalue weighted by Gasteiger charge is 2.24. The van der Waals surface area contributed by atoms with E-state index < -0.39 is 16.1 Å². The van der Waals surface area contributed by atoms with Gasteiger partial charge in [-0.15, -0.1) is 0 Å². The van der Waals surface area contributed by atoms with Crippen LogP contribution in [0.1, 0.15) is 30.9 Å². The highest BCUT2D eigenvalue weighted by atomic mass is 32.2. The summed E-state index contributed by atoms with van der Waals surface area (Å²) >= 11 is 0. The molecule has 0 spiro atoms. The van der Waals surface area contributed by atoms with Gasteiger partial charge in [-0.2, -0.15) is 8.42 Å². The van der Waals surface area contributed by atoms with Crippen LogP contribution in [-0.4, -0.2) is 18.9 Å². The van der Waals surface area contributed by atoms with E-state index in [1.165, 1.54) is 19.1 Å². The van der Waals surface area contributed by atoms with Crippen molar-refractivity contribution in [1.82, 2.24) is 0 Å². The van der Waals surface area contributed by atoms with Gasteiger partial charge in [0.2, 0.25) is 0 Å². The van der Waals surface area contributed by atoms with Gasteiger partial charge in [0, 0.05) is 6.92 Å². The van der Waals surface area contributed by atoms with E-state index in [0.29, 0.717) is 29.7 Å². The Morgan fingerprint density at radius 3 is 2.39 bits per heavy atom. The van der Waals surface area contributed by atoms with Crippen molar-refractivity contribution >= 4 is 16.1 Å². The van der Waals surface area contributed by atoms with Crippen molar-refractivity contribution < 1.29 is 22.5 Å². The minimum absolute atomic E-state index is 0.0758. The minimum atomic E-state index is -4.23. The van der Waals surface area contributed by atoms with Crippen LogP contribution in [0, 0.1) is 0 Å². The van der Waals surface area contributed by atoms with Crippen LogP contribution in [0.4, 0.5) is 0 Å². The highest BCUT2D eigenvalue weighted by Crippen LogP contribution is 2.34. The predicted molar refractivity (Wildman–Crippen MR) is 64.2 cm³/mol. The fourth-order valence-electron chi connectivity index (χ4n) is 2.29. The summed E-state index contributed by atoms with van der Waals surface area (Å²) in [6.07, 6.45) is 3.00. The van der Waals surface area contributed by atoms with Gasteiger partial charge in [-0.1, -0.05) is 0 Å². The molecule has 0 saturated carbocycles. The third-order valence-corrected chi connectivity index (χ3v) is 3.92. The molecule has 2 rings (SSSR count). The van der Waals surface area contributed by atoms with E-state index in [1.54, 1.807) is 0 Å². The average Bonchev–Trinajstić information content (AvgIpc) is 2.27. The Labute approximate surface area is 106 Å². The first-order valence-electron chi connectivity index (χ1n) is 5.70. The Hall–Kier alpha value is -1.40. The monoisotopic (exact) mass is 270 g/mol. The maximum atomic E-state index is 11.3. The molecule has 18 heavy (non-hydrogen) atoms. The SMILES string of the molecule is CC(=O)Oc1ccc(S(=O)(=O)O)c2c1CCCC2. The molecular formula is C12H14O5S. The van der Waals surface area contributed by atoms with E-state index >= 15 is 0 Å². The second-order valence-corrected chi connectivity index (χ2v) is 5.68. The Bertz CT molecular complexity index is 589. The molecule has 0 bridgehead atoms. The standard InChI is InChI=1S/C12H14O5S/c1-8(13)17-11-6-7-12(18(14,15)16)10-5-3-2-4-9(10)11/h6-7H,2-5H2,1H3,(H,14,15,16). The van der Waals surface area contributed by atoms with E-state index in [4.69, 9.17) is 4.74 Å². The highest BCUT2D eigenvalue weighted by molar-refractivity contribution is 7.85. The van der Waals surface area contributed by atoms with Crippen LogP contribution < -0.4 is 4.74 Å². The number of carbonyl (C=O) groups excluding carboxylic acids is 1. The molecule has 0 unspecified atom stereocenters. The van der Waals surface area contributed by atoms with Gasteiger partial charge >= 0.3 is 5.97 Å². The number of rotatable bonds is 2. The first-order valence-corrected chi connectivity index (χ1v) is 7.14. The van der Waals surface area contributed by atoms with Crippen molar-refractivity contribution in [3.63, 3.8) is 0 Å². The van der Waals surface area contributed by atoms with E-state index in [1.807, 2.05) is 0 Å². The fraction of sp³-hybridized carbons (Fsp3) is 0.417. The smallest absolute Gasteiger partial charge is 0.308 e. The zero-order valence-electron chi connectivity index (χ0n) is 9.97. The molecule has 0 amide bonds. The normalized spacial score (nSPS) is 15.0. The van der Waals surface area contributed by atoms with Crippen molar-refractivity contribution in [2.45, 2.75) is 37.5 Å². The molecule has 0 atom stereocenters. The molecule has 0 saturated heterocycles. The van der Waals surface area contributed by atoms with E-state index in [-0.39, 0.29) is 4.90 Å². The van der Waals surface area contributed by atoms with Gasteiger partial charge in [0.1, 0.15) is 5.75 Å². The maximum Gasteiger partial charge on any atom is 0.308 e. The summed E-state index contributed by atoms with van der Waals surface area (Å²) in [4.78, 5) is 10.9. The van der Waals surface area contributed by atoms with Gasteiger partial charge in [-0.05, 0) is 48.9 Å². The largest absolute Gasteiger partial charge is 0.426 e. The van der Waals surface area contributed by atoms with Crippen LogP contribution in [0.2, 0.25) is 0 Å².